The van der Waals surface area contributed by atoms with Crippen LogP contribution in [-0.4, -0.2) is 25.7 Å². The van der Waals surface area contributed by atoms with Crippen molar-refractivity contribution in [3.05, 3.63) is 18.2 Å². The standard InChI is InChI=1S/C7H10N2O3/c1-9-3-2-8-7(9)5(10)4-6(11)12/h2-3,5,10H,4H2,1H3,(H,11,12)/t5-/m1/s1. The van der Waals surface area contributed by atoms with Gasteiger partial charge in [0.05, 0.1) is 6.42 Å². The number of rotatable bonds is 3. The van der Waals surface area contributed by atoms with E-state index in [2.05, 4.69) is 4.98 Å². The van der Waals surface area contributed by atoms with Gasteiger partial charge >= 0.3 is 5.97 Å². The minimum atomic E-state index is -1.04. The van der Waals surface area contributed by atoms with Gasteiger partial charge in [-0.1, -0.05) is 0 Å². The van der Waals surface area contributed by atoms with Crippen molar-refractivity contribution in [3.8, 4) is 0 Å². The van der Waals surface area contributed by atoms with Crippen LogP contribution in [0, 0.1) is 0 Å². The van der Waals surface area contributed by atoms with Crippen LogP contribution in [0.1, 0.15) is 18.3 Å². The summed E-state index contributed by atoms with van der Waals surface area (Å²) in [7, 11) is 1.70. The average molecular weight is 170 g/mol. The predicted octanol–water partition coefficient (Wildman–Crippen LogP) is -0.0718. The van der Waals surface area contributed by atoms with Gasteiger partial charge in [0.2, 0.25) is 0 Å². The van der Waals surface area contributed by atoms with Gasteiger partial charge in [-0.05, 0) is 0 Å². The zero-order valence-electron chi connectivity index (χ0n) is 6.64. The lowest BCUT2D eigenvalue weighted by Crippen LogP contribution is -2.10. The van der Waals surface area contributed by atoms with E-state index in [1.54, 1.807) is 17.8 Å². The minimum absolute atomic E-state index is 0.315. The summed E-state index contributed by atoms with van der Waals surface area (Å²) < 4.78 is 1.59. The molecular weight excluding hydrogens is 160 g/mol. The van der Waals surface area contributed by atoms with Crippen molar-refractivity contribution in [2.75, 3.05) is 0 Å². The number of aliphatic hydroxyl groups excluding tert-OH is 1. The molecule has 0 saturated carbocycles. The summed E-state index contributed by atoms with van der Waals surface area (Å²) in [6.45, 7) is 0. The lowest BCUT2D eigenvalue weighted by molar-refractivity contribution is -0.139. The van der Waals surface area contributed by atoms with Crippen LogP contribution in [0.2, 0.25) is 0 Å². The smallest absolute Gasteiger partial charge is 0.306 e. The van der Waals surface area contributed by atoms with E-state index in [0.717, 1.165) is 0 Å². The zero-order chi connectivity index (χ0) is 9.14. The fraction of sp³-hybridized carbons (Fsp3) is 0.429. The van der Waals surface area contributed by atoms with E-state index in [4.69, 9.17) is 5.11 Å². The van der Waals surface area contributed by atoms with Crippen LogP contribution in [0.4, 0.5) is 0 Å². The van der Waals surface area contributed by atoms with Crippen LogP contribution < -0.4 is 0 Å². The summed E-state index contributed by atoms with van der Waals surface area (Å²) in [6.07, 6.45) is 1.83. The normalized spacial score (nSPS) is 12.8. The molecule has 1 heterocycles. The van der Waals surface area contributed by atoms with Crippen LogP contribution in [0.5, 0.6) is 0 Å². The number of aliphatic hydroxyl groups is 1. The Bertz CT molecular complexity index is 282. The van der Waals surface area contributed by atoms with Crippen LogP contribution in [0.3, 0.4) is 0 Å². The molecule has 0 bridgehead atoms. The van der Waals surface area contributed by atoms with E-state index < -0.39 is 12.1 Å². The fourth-order valence-electron chi connectivity index (χ4n) is 0.955. The number of carboxylic acid groups (broad SMARTS) is 1. The number of aliphatic carboxylic acids is 1. The SMILES string of the molecule is Cn1ccnc1[C@H](O)CC(=O)O. The van der Waals surface area contributed by atoms with E-state index >= 15 is 0 Å². The number of hydrogen-bond donors (Lipinski definition) is 2. The first-order valence-electron chi connectivity index (χ1n) is 3.48. The van der Waals surface area contributed by atoms with Gasteiger partial charge in [0, 0.05) is 19.4 Å². The van der Waals surface area contributed by atoms with Gasteiger partial charge in [0.15, 0.2) is 0 Å². The number of nitrogens with zero attached hydrogens (tertiary/aromatic N) is 2. The van der Waals surface area contributed by atoms with E-state index in [1.807, 2.05) is 0 Å². The maximum Gasteiger partial charge on any atom is 0.306 e. The van der Waals surface area contributed by atoms with E-state index in [1.165, 1.54) is 6.20 Å². The van der Waals surface area contributed by atoms with Gasteiger partial charge in [-0.25, -0.2) is 4.98 Å². The molecule has 1 rings (SSSR count). The van der Waals surface area contributed by atoms with Crippen molar-refractivity contribution in [3.63, 3.8) is 0 Å². The molecule has 0 fully saturated rings. The van der Waals surface area contributed by atoms with Gasteiger partial charge in [-0.3, -0.25) is 4.79 Å². The highest BCUT2D eigenvalue weighted by molar-refractivity contribution is 5.67. The first-order chi connectivity index (χ1) is 5.61. The Kier molecular flexibility index (Phi) is 2.44. The first-order valence-corrected chi connectivity index (χ1v) is 3.48. The molecule has 1 aromatic heterocycles. The summed E-state index contributed by atoms with van der Waals surface area (Å²) in [5.41, 5.74) is 0. The Labute approximate surface area is 69.3 Å². The van der Waals surface area contributed by atoms with Crippen molar-refractivity contribution in [2.45, 2.75) is 12.5 Å². The second kappa shape index (κ2) is 3.36. The molecule has 0 aliphatic heterocycles. The van der Waals surface area contributed by atoms with Crippen molar-refractivity contribution in [1.82, 2.24) is 9.55 Å². The molecule has 0 unspecified atom stereocenters. The Morgan fingerprint density at radius 1 is 1.83 bits per heavy atom. The Morgan fingerprint density at radius 2 is 2.50 bits per heavy atom. The summed E-state index contributed by atoms with van der Waals surface area (Å²) in [5.74, 6) is -0.664. The van der Waals surface area contributed by atoms with Crippen molar-refractivity contribution >= 4 is 5.97 Å². The molecule has 12 heavy (non-hydrogen) atoms. The molecule has 0 aromatic carbocycles. The molecule has 1 aromatic rings. The topological polar surface area (TPSA) is 75.3 Å². The highest BCUT2D eigenvalue weighted by atomic mass is 16.4. The van der Waals surface area contributed by atoms with Crippen molar-refractivity contribution in [1.29, 1.82) is 0 Å². The summed E-state index contributed by atoms with van der Waals surface area (Å²) in [4.78, 5) is 14.0. The molecule has 0 amide bonds. The van der Waals surface area contributed by atoms with Gasteiger partial charge in [0.25, 0.3) is 0 Å². The minimum Gasteiger partial charge on any atom is -0.481 e. The second-order valence-corrected chi connectivity index (χ2v) is 2.51. The number of hydrogen-bond acceptors (Lipinski definition) is 3. The number of imidazole rings is 1. The monoisotopic (exact) mass is 170 g/mol. The third-order valence-corrected chi connectivity index (χ3v) is 1.52. The first kappa shape index (κ1) is 8.73. The zero-order valence-corrected chi connectivity index (χ0v) is 6.64. The highest BCUT2D eigenvalue weighted by Gasteiger charge is 2.15. The quantitative estimate of drug-likeness (QED) is 0.665. The molecule has 0 aliphatic rings. The summed E-state index contributed by atoms with van der Waals surface area (Å²) >= 11 is 0. The molecule has 0 saturated heterocycles. The predicted molar refractivity (Wildman–Crippen MR) is 40.4 cm³/mol. The van der Waals surface area contributed by atoms with E-state index in [0.29, 0.717) is 5.82 Å². The molecule has 2 N–H and O–H groups in total. The van der Waals surface area contributed by atoms with Gasteiger partial charge < -0.3 is 14.8 Å². The largest absolute Gasteiger partial charge is 0.481 e. The molecule has 5 nitrogen and oxygen atoms in total. The van der Waals surface area contributed by atoms with Crippen molar-refractivity contribution < 1.29 is 15.0 Å². The highest BCUT2D eigenvalue weighted by Crippen LogP contribution is 2.12. The van der Waals surface area contributed by atoms with E-state index in [-0.39, 0.29) is 6.42 Å². The fourth-order valence-corrected chi connectivity index (χ4v) is 0.955. The number of carboxylic acids is 1. The third kappa shape index (κ3) is 1.82. The summed E-state index contributed by atoms with van der Waals surface area (Å²) in [5, 5.41) is 17.7. The lowest BCUT2D eigenvalue weighted by Gasteiger charge is -2.06. The second-order valence-electron chi connectivity index (χ2n) is 2.51. The number of aryl methyl sites for hydroxylation is 1. The van der Waals surface area contributed by atoms with Crippen LogP contribution >= 0.6 is 0 Å². The molecule has 1 atom stereocenters. The van der Waals surface area contributed by atoms with Crippen LogP contribution in [0.25, 0.3) is 0 Å². The van der Waals surface area contributed by atoms with Crippen LogP contribution in [-0.2, 0) is 11.8 Å². The Morgan fingerprint density at radius 3 is 2.92 bits per heavy atom. The number of aromatic nitrogens is 2. The maximum atomic E-state index is 10.2. The van der Waals surface area contributed by atoms with Gasteiger partial charge in [0.1, 0.15) is 11.9 Å². The molecular formula is C7H10N2O3. The number of carbonyl (C=O) groups is 1. The lowest BCUT2D eigenvalue weighted by atomic mass is 10.2. The van der Waals surface area contributed by atoms with Gasteiger partial charge in [-0.2, -0.15) is 0 Å². The average Bonchev–Trinajstić information content (AvgIpc) is 2.33. The van der Waals surface area contributed by atoms with Crippen LogP contribution in [0.15, 0.2) is 12.4 Å². The molecule has 0 spiro atoms. The molecule has 5 heteroatoms. The van der Waals surface area contributed by atoms with Gasteiger partial charge in [-0.15, -0.1) is 0 Å². The molecule has 66 valence electrons. The third-order valence-electron chi connectivity index (χ3n) is 1.52. The molecule has 0 radical (unpaired) electrons. The maximum absolute atomic E-state index is 10.2. The summed E-state index contributed by atoms with van der Waals surface area (Å²) in [6, 6.07) is 0. The van der Waals surface area contributed by atoms with E-state index in [9.17, 15) is 9.90 Å². The molecule has 0 aliphatic carbocycles. The Hall–Kier alpha value is -1.36. The van der Waals surface area contributed by atoms with Crippen molar-refractivity contribution in [2.24, 2.45) is 7.05 Å². The Balaban J connectivity index is 2.71.